The molecule has 5 atom stereocenters. The molecule has 35 heavy (non-hydrogen) atoms. The van der Waals surface area contributed by atoms with Crippen LogP contribution in [0.5, 0.6) is 0 Å². The van der Waals surface area contributed by atoms with Crippen molar-refractivity contribution in [1.82, 2.24) is 25.2 Å². The lowest BCUT2D eigenvalue weighted by atomic mass is 9.50. The zero-order chi connectivity index (χ0) is 24.7. The van der Waals surface area contributed by atoms with Gasteiger partial charge in [0.2, 0.25) is 5.91 Å². The lowest BCUT2D eigenvalue weighted by Crippen LogP contribution is -2.71. The Kier molecular flexibility index (Phi) is 7.17. The number of hydrogen-bond acceptors (Lipinski definition) is 9. The maximum absolute atomic E-state index is 11.7. The molecule has 0 aromatic carbocycles. The van der Waals surface area contributed by atoms with Gasteiger partial charge in [-0.05, 0) is 61.7 Å². The third-order valence-electron chi connectivity index (χ3n) is 8.85. The quantitative estimate of drug-likeness (QED) is 0.298. The highest BCUT2D eigenvalue weighted by molar-refractivity contribution is 5.73. The Morgan fingerprint density at radius 2 is 1.71 bits per heavy atom. The molecule has 6 rings (SSSR count). The van der Waals surface area contributed by atoms with Gasteiger partial charge in [0.1, 0.15) is 12.8 Å². The van der Waals surface area contributed by atoms with Crippen molar-refractivity contribution in [3.63, 3.8) is 0 Å². The van der Waals surface area contributed by atoms with Crippen molar-refractivity contribution in [2.45, 2.75) is 89.1 Å². The zero-order valence-electron chi connectivity index (χ0n) is 20.4. The summed E-state index contributed by atoms with van der Waals surface area (Å²) in [6, 6.07) is -2.44. The number of nitrogens with one attached hydrogen (secondary N) is 1. The third-order valence-corrected chi connectivity index (χ3v) is 8.85. The summed E-state index contributed by atoms with van der Waals surface area (Å²) in [4.78, 5) is 13.3. The lowest BCUT2D eigenvalue weighted by molar-refractivity contribution is -0.147. The standard InChI is InChI=1S/C24H39N5O6/c1-14(32)25-21-19(10-30)29(20(11-31)22(33)23(21)34)9-18-8-28(27-26-18)13-35-12-24-5-15-2-16(6-24)4-17(3-15)7-24/h8,15-17,19-23,30-31,33-34H,2-7,9-13H2,1H3,(H,25,32)/t15-,16-,17?,19+,20-,21+,22-,23-,24?/m1/s1. The van der Waals surface area contributed by atoms with Gasteiger partial charge >= 0.3 is 0 Å². The summed E-state index contributed by atoms with van der Waals surface area (Å²) in [6.45, 7) is 1.73. The van der Waals surface area contributed by atoms with Crippen LogP contribution >= 0.6 is 0 Å². The van der Waals surface area contributed by atoms with E-state index < -0.39 is 36.9 Å². The molecule has 2 heterocycles. The summed E-state index contributed by atoms with van der Waals surface area (Å²) < 4.78 is 7.77. The predicted octanol–water partition coefficient (Wildman–Crippen LogP) is -0.767. The van der Waals surface area contributed by atoms with Crippen molar-refractivity contribution in [3.05, 3.63) is 11.9 Å². The van der Waals surface area contributed by atoms with E-state index in [-0.39, 0.29) is 19.1 Å². The molecule has 1 aromatic rings. The van der Waals surface area contributed by atoms with Crippen LogP contribution in [-0.2, 0) is 22.8 Å². The number of aliphatic hydroxyl groups is 4. The molecule has 4 saturated carbocycles. The van der Waals surface area contributed by atoms with Crippen LogP contribution in [0.15, 0.2) is 6.20 Å². The number of aromatic nitrogens is 3. The van der Waals surface area contributed by atoms with Crippen LogP contribution in [0.2, 0.25) is 0 Å². The van der Waals surface area contributed by atoms with E-state index in [1.54, 1.807) is 15.8 Å². The van der Waals surface area contributed by atoms with E-state index in [2.05, 4.69) is 15.6 Å². The molecule has 0 radical (unpaired) electrons. The molecule has 5 fully saturated rings. The number of ether oxygens (including phenoxy) is 1. The summed E-state index contributed by atoms with van der Waals surface area (Å²) in [6.07, 6.45) is 7.19. The Balaban J connectivity index is 1.21. The molecule has 5 N–H and O–H groups in total. The van der Waals surface area contributed by atoms with E-state index in [9.17, 15) is 25.2 Å². The van der Waals surface area contributed by atoms with E-state index in [0.717, 1.165) is 24.4 Å². The number of carbonyl (C=O) groups excluding carboxylic acids is 1. The molecule has 1 aliphatic heterocycles. The van der Waals surface area contributed by atoms with E-state index in [1.165, 1.54) is 45.4 Å². The second-order valence-electron chi connectivity index (χ2n) is 11.5. The molecule has 1 aromatic heterocycles. The first kappa shape index (κ1) is 25.0. The number of aliphatic hydroxyl groups excluding tert-OH is 4. The normalized spacial score (nSPS) is 40.8. The van der Waals surface area contributed by atoms with E-state index >= 15 is 0 Å². The second kappa shape index (κ2) is 10.0. The fourth-order valence-electron chi connectivity index (χ4n) is 7.88. The molecule has 196 valence electrons. The van der Waals surface area contributed by atoms with Crippen LogP contribution in [0.3, 0.4) is 0 Å². The Hall–Kier alpha value is -1.63. The SMILES string of the molecule is CC(=O)N[C@@H]1[C@@H](O)[C@H](O)[C@@H](CO)N(Cc2cn(COCC34CC5C[C@H](C3)C[C@H](C5)C4)nn2)[C@H]1CO. The molecule has 0 spiro atoms. The first-order chi connectivity index (χ1) is 16.8. The number of hydrogen-bond donors (Lipinski definition) is 5. The minimum Gasteiger partial charge on any atom is -0.395 e. The molecular formula is C24H39N5O6. The number of carbonyl (C=O) groups is 1. The van der Waals surface area contributed by atoms with Gasteiger partial charge in [-0.2, -0.15) is 0 Å². The van der Waals surface area contributed by atoms with Crippen LogP contribution in [-0.4, -0.2) is 96.4 Å². The number of amides is 1. The summed E-state index contributed by atoms with van der Waals surface area (Å²) in [5, 5.41) is 52.0. The highest BCUT2D eigenvalue weighted by Crippen LogP contribution is 2.60. The van der Waals surface area contributed by atoms with Gasteiger partial charge in [-0.1, -0.05) is 5.21 Å². The second-order valence-corrected chi connectivity index (χ2v) is 11.5. The van der Waals surface area contributed by atoms with Crippen LogP contribution < -0.4 is 5.32 Å². The van der Waals surface area contributed by atoms with Gasteiger partial charge in [0.05, 0.1) is 55.9 Å². The van der Waals surface area contributed by atoms with Crippen LogP contribution in [0.1, 0.15) is 51.1 Å². The average molecular weight is 494 g/mol. The van der Waals surface area contributed by atoms with E-state index in [1.807, 2.05) is 0 Å². The molecular weight excluding hydrogens is 454 g/mol. The molecule has 11 heteroatoms. The van der Waals surface area contributed by atoms with Gasteiger partial charge in [0.15, 0.2) is 0 Å². The Bertz CT molecular complexity index is 860. The fraction of sp³-hybridized carbons (Fsp3) is 0.875. The minimum atomic E-state index is -1.32. The smallest absolute Gasteiger partial charge is 0.217 e. The fourth-order valence-corrected chi connectivity index (χ4v) is 7.88. The van der Waals surface area contributed by atoms with Crippen molar-refractivity contribution in [3.8, 4) is 0 Å². The van der Waals surface area contributed by atoms with Gasteiger partial charge in [0, 0.05) is 13.5 Å². The highest BCUT2D eigenvalue weighted by atomic mass is 16.5. The lowest BCUT2D eigenvalue weighted by Gasteiger charge is -2.56. The summed E-state index contributed by atoms with van der Waals surface area (Å²) >= 11 is 0. The van der Waals surface area contributed by atoms with E-state index in [0.29, 0.717) is 17.8 Å². The van der Waals surface area contributed by atoms with Crippen LogP contribution in [0, 0.1) is 23.2 Å². The van der Waals surface area contributed by atoms with Crippen LogP contribution in [0.25, 0.3) is 0 Å². The summed E-state index contributed by atoms with van der Waals surface area (Å²) in [7, 11) is 0. The third kappa shape index (κ3) is 4.99. The van der Waals surface area contributed by atoms with Crippen molar-refractivity contribution in [2.75, 3.05) is 19.8 Å². The Morgan fingerprint density at radius 1 is 1.09 bits per heavy atom. The number of nitrogens with zero attached hydrogens (tertiary/aromatic N) is 4. The maximum atomic E-state index is 11.7. The summed E-state index contributed by atoms with van der Waals surface area (Å²) in [5.74, 6) is 2.24. The Morgan fingerprint density at radius 3 is 2.29 bits per heavy atom. The monoisotopic (exact) mass is 493 g/mol. The zero-order valence-corrected chi connectivity index (χ0v) is 20.4. The minimum absolute atomic E-state index is 0.172. The van der Waals surface area contributed by atoms with Crippen molar-refractivity contribution in [1.29, 1.82) is 0 Å². The largest absolute Gasteiger partial charge is 0.395 e. The predicted molar refractivity (Wildman–Crippen MR) is 123 cm³/mol. The molecule has 4 bridgehead atoms. The first-order valence-corrected chi connectivity index (χ1v) is 12.9. The van der Waals surface area contributed by atoms with Crippen molar-refractivity contribution in [2.24, 2.45) is 23.2 Å². The number of rotatable bonds is 9. The molecule has 11 nitrogen and oxygen atoms in total. The summed E-state index contributed by atoms with van der Waals surface area (Å²) in [5.41, 5.74) is 0.898. The average Bonchev–Trinajstić information content (AvgIpc) is 3.23. The highest BCUT2D eigenvalue weighted by Gasteiger charge is 2.51. The first-order valence-electron chi connectivity index (χ1n) is 12.9. The van der Waals surface area contributed by atoms with Crippen molar-refractivity contribution >= 4 is 5.91 Å². The van der Waals surface area contributed by atoms with Gasteiger partial charge in [0.25, 0.3) is 0 Å². The Labute approximate surface area is 205 Å². The molecule has 0 unspecified atom stereocenters. The van der Waals surface area contributed by atoms with Gasteiger partial charge < -0.3 is 30.5 Å². The van der Waals surface area contributed by atoms with Gasteiger partial charge in [-0.15, -0.1) is 5.10 Å². The maximum Gasteiger partial charge on any atom is 0.217 e. The van der Waals surface area contributed by atoms with E-state index in [4.69, 9.17) is 4.74 Å². The van der Waals surface area contributed by atoms with Crippen molar-refractivity contribution < 1.29 is 30.0 Å². The molecule has 5 aliphatic rings. The van der Waals surface area contributed by atoms with Gasteiger partial charge in [-0.3, -0.25) is 9.69 Å². The topological polar surface area (TPSA) is 153 Å². The van der Waals surface area contributed by atoms with Crippen LogP contribution in [0.4, 0.5) is 0 Å². The molecule has 4 aliphatic carbocycles. The number of piperidine rings is 1. The molecule has 1 amide bonds. The molecule has 1 saturated heterocycles. The van der Waals surface area contributed by atoms with Gasteiger partial charge in [-0.25, -0.2) is 4.68 Å². The number of likely N-dealkylation sites (tertiary alicyclic amines) is 1.